The SMILES string of the molecule is Cc1ccc(-c2nc(C)c(C(C)NC(=O)c3cnc4ccccn4c3=O)s2)cc1. The van der Waals surface area contributed by atoms with Gasteiger partial charge < -0.3 is 5.32 Å². The van der Waals surface area contributed by atoms with E-state index in [1.165, 1.54) is 16.2 Å². The van der Waals surface area contributed by atoms with Gasteiger partial charge in [0.2, 0.25) is 0 Å². The van der Waals surface area contributed by atoms with Gasteiger partial charge in [0, 0.05) is 18.0 Å². The first kappa shape index (κ1) is 19.0. The zero-order valence-electron chi connectivity index (χ0n) is 16.3. The summed E-state index contributed by atoms with van der Waals surface area (Å²) in [5, 5.41) is 3.82. The molecule has 0 saturated carbocycles. The molecule has 0 radical (unpaired) electrons. The van der Waals surface area contributed by atoms with Gasteiger partial charge in [-0.1, -0.05) is 35.9 Å². The fraction of sp³-hybridized carbons (Fsp3) is 0.182. The molecule has 1 unspecified atom stereocenters. The van der Waals surface area contributed by atoms with Crippen molar-refractivity contribution in [3.05, 3.63) is 86.9 Å². The number of aromatic nitrogens is 3. The summed E-state index contributed by atoms with van der Waals surface area (Å²) >= 11 is 1.55. The van der Waals surface area contributed by atoms with Crippen molar-refractivity contribution >= 4 is 22.9 Å². The van der Waals surface area contributed by atoms with Crippen LogP contribution in [0.5, 0.6) is 0 Å². The lowest BCUT2D eigenvalue weighted by Crippen LogP contribution is -2.33. The number of hydrogen-bond acceptors (Lipinski definition) is 5. The molecule has 1 amide bonds. The predicted molar refractivity (Wildman–Crippen MR) is 114 cm³/mol. The predicted octanol–water partition coefficient (Wildman–Crippen LogP) is 3.93. The average molecular weight is 404 g/mol. The molecule has 0 bridgehead atoms. The molecule has 0 fully saturated rings. The number of aryl methyl sites for hydroxylation is 2. The molecule has 0 aliphatic heterocycles. The molecule has 0 aliphatic rings. The fourth-order valence-corrected chi connectivity index (χ4v) is 4.23. The van der Waals surface area contributed by atoms with Crippen LogP contribution in [0.15, 0.2) is 59.7 Å². The molecule has 4 rings (SSSR count). The maximum atomic E-state index is 12.7. The second-order valence-electron chi connectivity index (χ2n) is 6.94. The molecule has 6 nitrogen and oxygen atoms in total. The number of nitrogens with zero attached hydrogens (tertiary/aromatic N) is 3. The van der Waals surface area contributed by atoms with Gasteiger partial charge in [0.1, 0.15) is 16.2 Å². The van der Waals surface area contributed by atoms with Gasteiger partial charge in [-0.05, 0) is 32.9 Å². The molecule has 7 heteroatoms. The van der Waals surface area contributed by atoms with E-state index in [-0.39, 0.29) is 17.2 Å². The van der Waals surface area contributed by atoms with Crippen molar-refractivity contribution < 1.29 is 4.79 Å². The number of nitrogens with one attached hydrogen (secondary N) is 1. The maximum Gasteiger partial charge on any atom is 0.270 e. The number of carbonyl (C=O) groups excluding carboxylic acids is 1. The number of rotatable bonds is 4. The number of pyridine rings is 1. The number of benzene rings is 1. The van der Waals surface area contributed by atoms with Crippen molar-refractivity contribution in [3.63, 3.8) is 0 Å². The van der Waals surface area contributed by atoms with E-state index in [0.717, 1.165) is 21.1 Å². The highest BCUT2D eigenvalue weighted by Crippen LogP contribution is 2.31. The van der Waals surface area contributed by atoms with Gasteiger partial charge >= 0.3 is 0 Å². The van der Waals surface area contributed by atoms with Crippen LogP contribution in [0.3, 0.4) is 0 Å². The Balaban J connectivity index is 1.59. The highest BCUT2D eigenvalue weighted by atomic mass is 32.1. The summed E-state index contributed by atoms with van der Waals surface area (Å²) in [6.07, 6.45) is 2.93. The minimum atomic E-state index is -0.446. The third kappa shape index (κ3) is 3.69. The van der Waals surface area contributed by atoms with Crippen LogP contribution >= 0.6 is 11.3 Å². The summed E-state index contributed by atoms with van der Waals surface area (Å²) in [5.74, 6) is -0.446. The van der Waals surface area contributed by atoms with E-state index >= 15 is 0 Å². The second-order valence-corrected chi connectivity index (χ2v) is 7.97. The molecule has 0 aliphatic carbocycles. The summed E-state index contributed by atoms with van der Waals surface area (Å²) in [6.45, 7) is 5.87. The monoisotopic (exact) mass is 404 g/mol. The molecular formula is C22H20N4O2S. The van der Waals surface area contributed by atoms with Crippen molar-refractivity contribution in [2.45, 2.75) is 26.8 Å². The molecule has 146 valence electrons. The standard InChI is InChI=1S/C22H20N4O2S/c1-13-7-9-16(10-8-13)21-25-15(3)19(29-21)14(2)24-20(27)17-12-23-18-6-4-5-11-26(18)22(17)28/h4-12,14H,1-3H3,(H,24,27). The average Bonchev–Trinajstić information content (AvgIpc) is 3.10. The van der Waals surface area contributed by atoms with E-state index in [0.29, 0.717) is 5.65 Å². The van der Waals surface area contributed by atoms with E-state index < -0.39 is 5.91 Å². The van der Waals surface area contributed by atoms with Crippen LogP contribution in [0.1, 0.15) is 39.5 Å². The lowest BCUT2D eigenvalue weighted by Gasteiger charge is -2.13. The quantitative estimate of drug-likeness (QED) is 0.559. The van der Waals surface area contributed by atoms with E-state index in [1.54, 1.807) is 35.7 Å². The first-order valence-electron chi connectivity index (χ1n) is 9.25. The minimum absolute atomic E-state index is 0.0153. The normalized spacial score (nSPS) is 12.1. The lowest BCUT2D eigenvalue weighted by molar-refractivity contribution is 0.0938. The van der Waals surface area contributed by atoms with Crippen LogP contribution < -0.4 is 10.9 Å². The van der Waals surface area contributed by atoms with Gasteiger partial charge in [-0.3, -0.25) is 14.0 Å². The zero-order chi connectivity index (χ0) is 20.5. The van der Waals surface area contributed by atoms with Crippen molar-refractivity contribution in [3.8, 4) is 10.6 Å². The van der Waals surface area contributed by atoms with Gasteiger partial charge in [0.05, 0.1) is 16.6 Å². The van der Waals surface area contributed by atoms with Crippen molar-refractivity contribution in [2.24, 2.45) is 0 Å². The Morgan fingerprint density at radius 2 is 1.90 bits per heavy atom. The van der Waals surface area contributed by atoms with Crippen LogP contribution in [-0.4, -0.2) is 20.3 Å². The molecule has 0 spiro atoms. The molecular weight excluding hydrogens is 384 g/mol. The van der Waals surface area contributed by atoms with Gasteiger partial charge in [0.25, 0.3) is 11.5 Å². The van der Waals surface area contributed by atoms with Crippen LogP contribution in [0.4, 0.5) is 0 Å². The van der Waals surface area contributed by atoms with Crippen LogP contribution in [0.25, 0.3) is 16.2 Å². The smallest absolute Gasteiger partial charge is 0.270 e. The zero-order valence-corrected chi connectivity index (χ0v) is 17.2. The molecule has 1 aromatic carbocycles. The van der Waals surface area contributed by atoms with Gasteiger partial charge in [0.15, 0.2) is 0 Å². The Morgan fingerprint density at radius 3 is 2.66 bits per heavy atom. The van der Waals surface area contributed by atoms with Gasteiger partial charge in [-0.25, -0.2) is 9.97 Å². The van der Waals surface area contributed by atoms with E-state index in [4.69, 9.17) is 0 Å². The highest BCUT2D eigenvalue weighted by molar-refractivity contribution is 7.15. The summed E-state index contributed by atoms with van der Waals surface area (Å²) in [5.41, 5.74) is 3.24. The van der Waals surface area contributed by atoms with Crippen molar-refractivity contribution in [1.29, 1.82) is 0 Å². The first-order chi connectivity index (χ1) is 13.9. The molecule has 4 aromatic rings. The highest BCUT2D eigenvalue weighted by Gasteiger charge is 2.20. The molecule has 0 saturated heterocycles. The topological polar surface area (TPSA) is 76.4 Å². The van der Waals surface area contributed by atoms with E-state index in [2.05, 4.69) is 27.4 Å². The molecule has 3 heterocycles. The molecule has 1 atom stereocenters. The Morgan fingerprint density at radius 1 is 1.14 bits per heavy atom. The van der Waals surface area contributed by atoms with Crippen LogP contribution in [0.2, 0.25) is 0 Å². The largest absolute Gasteiger partial charge is 0.344 e. The Bertz CT molecular complexity index is 1260. The number of amides is 1. The van der Waals surface area contributed by atoms with Crippen molar-refractivity contribution in [2.75, 3.05) is 0 Å². The summed E-state index contributed by atoms with van der Waals surface area (Å²) < 4.78 is 1.37. The second kappa shape index (κ2) is 7.60. The Labute approximate surface area is 171 Å². The molecule has 1 N–H and O–H groups in total. The van der Waals surface area contributed by atoms with Crippen molar-refractivity contribution in [1.82, 2.24) is 19.7 Å². The fourth-order valence-electron chi connectivity index (χ4n) is 3.15. The Kier molecular flexibility index (Phi) is 4.98. The summed E-state index contributed by atoms with van der Waals surface area (Å²) in [4.78, 5) is 35.2. The maximum absolute atomic E-state index is 12.7. The number of carbonyl (C=O) groups is 1. The summed E-state index contributed by atoms with van der Waals surface area (Å²) in [7, 11) is 0. The van der Waals surface area contributed by atoms with E-state index in [1.807, 2.05) is 32.9 Å². The van der Waals surface area contributed by atoms with E-state index in [9.17, 15) is 9.59 Å². The number of fused-ring (bicyclic) bond motifs is 1. The first-order valence-corrected chi connectivity index (χ1v) is 10.1. The third-order valence-corrected chi connectivity index (χ3v) is 6.12. The third-order valence-electron chi connectivity index (χ3n) is 4.73. The van der Waals surface area contributed by atoms with Gasteiger partial charge in [-0.2, -0.15) is 0 Å². The number of thiazole rings is 1. The summed E-state index contributed by atoms with van der Waals surface area (Å²) in [6, 6.07) is 13.2. The molecule has 3 aromatic heterocycles. The minimum Gasteiger partial charge on any atom is -0.344 e. The lowest BCUT2D eigenvalue weighted by atomic mass is 10.2. The number of hydrogen-bond donors (Lipinski definition) is 1. The molecule has 29 heavy (non-hydrogen) atoms. The van der Waals surface area contributed by atoms with Crippen LogP contribution in [0, 0.1) is 13.8 Å². The Hall–Kier alpha value is -3.32. The van der Waals surface area contributed by atoms with Gasteiger partial charge in [-0.15, -0.1) is 11.3 Å². The van der Waals surface area contributed by atoms with Crippen LogP contribution in [-0.2, 0) is 0 Å².